The number of ketones is 1. The van der Waals surface area contributed by atoms with Gasteiger partial charge in [0.2, 0.25) is 5.91 Å². The number of amides is 2. The Balaban J connectivity index is 1.66. The number of aromatic nitrogens is 1. The average molecular weight is 454 g/mol. The molecule has 0 radical (unpaired) electrons. The summed E-state index contributed by atoms with van der Waals surface area (Å²) in [6.45, 7) is 1.69. The maximum atomic E-state index is 12.8. The van der Waals surface area contributed by atoms with E-state index in [4.69, 9.17) is 6.42 Å². The Morgan fingerprint density at radius 1 is 0.970 bits per heavy atom. The van der Waals surface area contributed by atoms with Gasteiger partial charge in [0.1, 0.15) is 0 Å². The molecule has 0 saturated heterocycles. The van der Waals surface area contributed by atoms with Crippen LogP contribution in [0.2, 0.25) is 0 Å². The first kappa shape index (κ1) is 21.9. The highest BCUT2D eigenvalue weighted by atomic mass is 32.1. The van der Waals surface area contributed by atoms with Crippen molar-refractivity contribution in [2.75, 3.05) is 5.32 Å². The second-order valence-corrected chi connectivity index (χ2v) is 8.24. The van der Waals surface area contributed by atoms with E-state index in [2.05, 4.69) is 16.2 Å². The molecule has 1 aromatic heterocycles. The summed E-state index contributed by atoms with van der Waals surface area (Å²) in [7, 11) is 0. The molecule has 0 aliphatic rings. The Kier molecular flexibility index (Phi) is 6.29. The van der Waals surface area contributed by atoms with Crippen molar-refractivity contribution in [3.8, 4) is 12.3 Å². The zero-order valence-electron chi connectivity index (χ0n) is 17.7. The predicted molar refractivity (Wildman–Crippen MR) is 129 cm³/mol. The summed E-state index contributed by atoms with van der Waals surface area (Å²) in [6.07, 6.45) is 5.53. The summed E-state index contributed by atoms with van der Waals surface area (Å²) >= 11 is 1.31. The lowest BCUT2D eigenvalue weighted by atomic mass is 10.0. The van der Waals surface area contributed by atoms with Gasteiger partial charge in [-0.25, -0.2) is 0 Å². The van der Waals surface area contributed by atoms with Gasteiger partial charge >= 0.3 is 0 Å². The SMILES string of the molecule is C#CCn1c(=NC(=O)c2ccc(C(=O)c3ccccc3)cc2)sc2cc(NC(C)=O)ccc21. The summed E-state index contributed by atoms with van der Waals surface area (Å²) in [6, 6.07) is 20.8. The smallest absolute Gasteiger partial charge is 0.279 e. The van der Waals surface area contributed by atoms with Crippen LogP contribution in [-0.2, 0) is 11.3 Å². The fourth-order valence-corrected chi connectivity index (χ4v) is 4.42. The molecule has 4 aromatic rings. The molecule has 7 heteroatoms. The van der Waals surface area contributed by atoms with Gasteiger partial charge in [0.15, 0.2) is 10.6 Å². The second kappa shape index (κ2) is 9.47. The van der Waals surface area contributed by atoms with Gasteiger partial charge in [-0.2, -0.15) is 4.99 Å². The van der Waals surface area contributed by atoms with E-state index in [0.29, 0.717) is 27.2 Å². The number of thiazole rings is 1. The number of hydrogen-bond donors (Lipinski definition) is 1. The number of carbonyl (C=O) groups excluding carboxylic acids is 3. The summed E-state index contributed by atoms with van der Waals surface area (Å²) in [5.74, 6) is 1.87. The molecule has 162 valence electrons. The largest absolute Gasteiger partial charge is 0.326 e. The number of hydrogen-bond acceptors (Lipinski definition) is 4. The molecular formula is C26H19N3O3S. The monoisotopic (exact) mass is 453 g/mol. The van der Waals surface area contributed by atoms with Crippen LogP contribution < -0.4 is 10.1 Å². The van der Waals surface area contributed by atoms with Crippen molar-refractivity contribution in [3.05, 3.63) is 94.3 Å². The zero-order chi connectivity index (χ0) is 23.4. The molecule has 0 unspecified atom stereocenters. The van der Waals surface area contributed by atoms with E-state index in [1.807, 2.05) is 18.2 Å². The first-order chi connectivity index (χ1) is 16.0. The van der Waals surface area contributed by atoms with E-state index in [-0.39, 0.29) is 18.2 Å². The third-order valence-corrected chi connectivity index (χ3v) is 5.92. The molecule has 0 saturated carbocycles. The first-order valence-corrected chi connectivity index (χ1v) is 10.9. The lowest BCUT2D eigenvalue weighted by Crippen LogP contribution is -2.16. The van der Waals surface area contributed by atoms with Crippen LogP contribution in [0, 0.1) is 12.3 Å². The topological polar surface area (TPSA) is 80.5 Å². The zero-order valence-corrected chi connectivity index (χ0v) is 18.6. The summed E-state index contributed by atoms with van der Waals surface area (Å²) in [5.41, 5.74) is 2.92. The fourth-order valence-electron chi connectivity index (χ4n) is 3.36. The Morgan fingerprint density at radius 3 is 2.30 bits per heavy atom. The molecule has 0 fully saturated rings. The number of terminal acetylenes is 1. The molecule has 0 bridgehead atoms. The van der Waals surface area contributed by atoms with Gasteiger partial charge < -0.3 is 9.88 Å². The highest BCUT2D eigenvalue weighted by Crippen LogP contribution is 2.22. The van der Waals surface area contributed by atoms with Crippen molar-refractivity contribution in [2.24, 2.45) is 4.99 Å². The van der Waals surface area contributed by atoms with Gasteiger partial charge in [-0.1, -0.05) is 59.7 Å². The molecule has 0 aliphatic carbocycles. The second-order valence-electron chi connectivity index (χ2n) is 7.23. The van der Waals surface area contributed by atoms with Gasteiger partial charge in [0.25, 0.3) is 5.91 Å². The molecule has 0 spiro atoms. The van der Waals surface area contributed by atoms with Crippen molar-refractivity contribution >= 4 is 44.8 Å². The van der Waals surface area contributed by atoms with E-state index < -0.39 is 5.91 Å². The van der Waals surface area contributed by atoms with Crippen molar-refractivity contribution in [2.45, 2.75) is 13.5 Å². The Bertz CT molecular complexity index is 1470. The molecular weight excluding hydrogens is 434 g/mol. The van der Waals surface area contributed by atoms with Crippen molar-refractivity contribution in [3.63, 3.8) is 0 Å². The van der Waals surface area contributed by atoms with Gasteiger partial charge in [-0.05, 0) is 30.3 Å². The Morgan fingerprint density at radius 2 is 1.64 bits per heavy atom. The molecule has 33 heavy (non-hydrogen) atoms. The maximum Gasteiger partial charge on any atom is 0.279 e. The molecule has 6 nitrogen and oxygen atoms in total. The summed E-state index contributed by atoms with van der Waals surface area (Å²) in [5, 5.41) is 2.74. The average Bonchev–Trinajstić information content (AvgIpc) is 3.15. The molecule has 1 N–H and O–H groups in total. The lowest BCUT2D eigenvalue weighted by Gasteiger charge is -2.03. The van der Waals surface area contributed by atoms with E-state index in [0.717, 1.165) is 10.2 Å². The minimum absolute atomic E-state index is 0.113. The van der Waals surface area contributed by atoms with Gasteiger partial charge in [-0.3, -0.25) is 14.4 Å². The first-order valence-electron chi connectivity index (χ1n) is 10.1. The number of anilines is 1. The van der Waals surface area contributed by atoms with Crippen LogP contribution in [0.15, 0.2) is 77.8 Å². The lowest BCUT2D eigenvalue weighted by molar-refractivity contribution is -0.114. The number of rotatable bonds is 5. The van der Waals surface area contributed by atoms with E-state index in [1.54, 1.807) is 59.2 Å². The summed E-state index contributed by atoms with van der Waals surface area (Å²) < 4.78 is 2.62. The van der Waals surface area contributed by atoms with E-state index in [1.165, 1.54) is 18.3 Å². The number of nitrogens with zero attached hydrogens (tertiary/aromatic N) is 2. The van der Waals surface area contributed by atoms with Crippen LogP contribution in [-0.4, -0.2) is 22.2 Å². The predicted octanol–water partition coefficient (Wildman–Crippen LogP) is 4.27. The highest BCUT2D eigenvalue weighted by molar-refractivity contribution is 7.16. The minimum Gasteiger partial charge on any atom is -0.326 e. The highest BCUT2D eigenvalue weighted by Gasteiger charge is 2.12. The third kappa shape index (κ3) is 4.81. The quantitative estimate of drug-likeness (QED) is 0.362. The molecule has 0 atom stereocenters. The van der Waals surface area contributed by atoms with Crippen LogP contribution in [0.3, 0.4) is 0 Å². The van der Waals surface area contributed by atoms with Crippen LogP contribution in [0.5, 0.6) is 0 Å². The molecule has 4 rings (SSSR count). The molecule has 0 aliphatic heterocycles. The van der Waals surface area contributed by atoms with Gasteiger partial charge in [0, 0.05) is 29.3 Å². The maximum absolute atomic E-state index is 12.8. The van der Waals surface area contributed by atoms with Crippen molar-refractivity contribution in [1.82, 2.24) is 4.57 Å². The Hall–Kier alpha value is -4.28. The minimum atomic E-state index is -0.437. The van der Waals surface area contributed by atoms with Crippen LogP contribution in [0.1, 0.15) is 33.2 Å². The van der Waals surface area contributed by atoms with Gasteiger partial charge in [0.05, 0.1) is 16.8 Å². The van der Waals surface area contributed by atoms with Gasteiger partial charge in [-0.15, -0.1) is 6.42 Å². The fraction of sp³-hybridized carbons (Fsp3) is 0.0769. The molecule has 1 heterocycles. The molecule has 2 amide bonds. The number of carbonyl (C=O) groups is 3. The number of fused-ring (bicyclic) bond motifs is 1. The normalized spacial score (nSPS) is 11.2. The summed E-state index contributed by atoms with van der Waals surface area (Å²) in [4.78, 5) is 41.5. The van der Waals surface area contributed by atoms with E-state index in [9.17, 15) is 14.4 Å². The number of benzene rings is 3. The van der Waals surface area contributed by atoms with E-state index >= 15 is 0 Å². The van der Waals surface area contributed by atoms with Crippen LogP contribution in [0.4, 0.5) is 5.69 Å². The third-order valence-electron chi connectivity index (χ3n) is 4.88. The standard InChI is InChI=1S/C26H19N3O3S/c1-3-15-29-22-14-13-21(27-17(2)30)16-23(22)33-26(29)28-25(32)20-11-9-19(10-12-20)24(31)18-7-5-4-6-8-18/h1,4-14,16H,15H2,2H3,(H,27,30). The van der Waals surface area contributed by atoms with Crippen molar-refractivity contribution in [1.29, 1.82) is 0 Å². The van der Waals surface area contributed by atoms with Crippen LogP contribution >= 0.6 is 11.3 Å². The van der Waals surface area contributed by atoms with Crippen LogP contribution in [0.25, 0.3) is 10.2 Å². The Labute approximate surface area is 194 Å². The van der Waals surface area contributed by atoms with Crippen molar-refractivity contribution < 1.29 is 14.4 Å². The number of nitrogens with one attached hydrogen (secondary N) is 1. The molecule has 3 aromatic carbocycles.